The summed E-state index contributed by atoms with van der Waals surface area (Å²) in [5.41, 5.74) is 1.29. The third kappa shape index (κ3) is 3.44. The topological polar surface area (TPSA) is 62.7 Å². The number of ether oxygens (including phenoxy) is 1. The maximum Gasteiger partial charge on any atom is 0.260 e. The molecule has 0 saturated heterocycles. The Hall–Kier alpha value is -1.62. The number of amides is 1. The van der Waals surface area contributed by atoms with Gasteiger partial charge in [0.25, 0.3) is 5.91 Å². The van der Waals surface area contributed by atoms with Crippen molar-refractivity contribution in [3.05, 3.63) is 23.5 Å². The van der Waals surface area contributed by atoms with Crippen LogP contribution in [0.4, 0.5) is 0 Å². The number of hydrogen-bond acceptors (Lipinski definition) is 4. The minimum absolute atomic E-state index is 0.00206. The standard InChI is InChI=1S/C14H20N2O3/c1-3-16(11-5-6-11)14(18)9-19-13-7-4-10(2)15-12(13)8-17/h4,7,11,17H,3,5-6,8-9H2,1-2H3. The summed E-state index contributed by atoms with van der Waals surface area (Å²) in [6.45, 7) is 4.35. The fourth-order valence-electron chi connectivity index (χ4n) is 2.09. The molecule has 1 heterocycles. The molecule has 1 N–H and O–H groups in total. The van der Waals surface area contributed by atoms with Crippen molar-refractivity contribution in [3.63, 3.8) is 0 Å². The van der Waals surface area contributed by atoms with Gasteiger partial charge in [-0.05, 0) is 38.8 Å². The number of rotatable bonds is 6. The third-order valence-corrected chi connectivity index (χ3v) is 3.22. The van der Waals surface area contributed by atoms with E-state index >= 15 is 0 Å². The molecule has 0 atom stereocenters. The first-order chi connectivity index (χ1) is 9.15. The molecule has 0 aliphatic heterocycles. The van der Waals surface area contributed by atoms with Gasteiger partial charge in [-0.15, -0.1) is 0 Å². The third-order valence-electron chi connectivity index (χ3n) is 3.22. The van der Waals surface area contributed by atoms with Gasteiger partial charge in [-0.3, -0.25) is 9.78 Å². The van der Waals surface area contributed by atoms with Crippen molar-refractivity contribution in [1.29, 1.82) is 0 Å². The number of likely N-dealkylation sites (N-methyl/N-ethyl adjacent to an activating group) is 1. The predicted octanol–water partition coefficient (Wildman–Crippen LogP) is 1.27. The molecule has 1 aliphatic rings. The molecule has 5 nitrogen and oxygen atoms in total. The molecular formula is C14H20N2O3. The molecule has 0 aromatic carbocycles. The van der Waals surface area contributed by atoms with E-state index in [-0.39, 0.29) is 19.1 Å². The minimum Gasteiger partial charge on any atom is -0.482 e. The molecule has 1 aromatic rings. The molecule has 0 radical (unpaired) electrons. The van der Waals surface area contributed by atoms with Crippen LogP contribution in [0, 0.1) is 6.92 Å². The highest BCUT2D eigenvalue weighted by molar-refractivity contribution is 5.78. The lowest BCUT2D eigenvalue weighted by Crippen LogP contribution is -2.36. The van der Waals surface area contributed by atoms with Crippen LogP contribution in [-0.2, 0) is 11.4 Å². The van der Waals surface area contributed by atoms with Crippen LogP contribution < -0.4 is 4.74 Å². The van der Waals surface area contributed by atoms with Gasteiger partial charge in [0.1, 0.15) is 11.4 Å². The quantitative estimate of drug-likeness (QED) is 0.840. The molecule has 0 unspecified atom stereocenters. The highest BCUT2D eigenvalue weighted by Gasteiger charge is 2.31. The van der Waals surface area contributed by atoms with Crippen LogP contribution in [0.3, 0.4) is 0 Å². The molecule has 19 heavy (non-hydrogen) atoms. The lowest BCUT2D eigenvalue weighted by atomic mass is 10.3. The number of aryl methyl sites for hydroxylation is 1. The van der Waals surface area contributed by atoms with E-state index in [4.69, 9.17) is 4.74 Å². The molecule has 1 aromatic heterocycles. The van der Waals surface area contributed by atoms with E-state index in [2.05, 4.69) is 4.98 Å². The number of nitrogens with zero attached hydrogens (tertiary/aromatic N) is 2. The number of carbonyl (C=O) groups is 1. The van der Waals surface area contributed by atoms with Gasteiger partial charge >= 0.3 is 0 Å². The monoisotopic (exact) mass is 264 g/mol. The van der Waals surface area contributed by atoms with Crippen molar-refractivity contribution >= 4 is 5.91 Å². The van der Waals surface area contributed by atoms with Crippen LogP contribution in [0.2, 0.25) is 0 Å². The summed E-state index contributed by atoms with van der Waals surface area (Å²) in [6, 6.07) is 3.95. The van der Waals surface area contributed by atoms with E-state index in [0.29, 0.717) is 24.0 Å². The molecule has 1 aliphatic carbocycles. The highest BCUT2D eigenvalue weighted by atomic mass is 16.5. The second-order valence-electron chi connectivity index (χ2n) is 4.76. The van der Waals surface area contributed by atoms with Crippen LogP contribution in [0.1, 0.15) is 31.2 Å². The van der Waals surface area contributed by atoms with E-state index in [1.807, 2.05) is 18.7 Å². The van der Waals surface area contributed by atoms with E-state index < -0.39 is 0 Å². The fraction of sp³-hybridized carbons (Fsp3) is 0.571. The predicted molar refractivity (Wildman–Crippen MR) is 70.8 cm³/mol. The Balaban J connectivity index is 1.96. The van der Waals surface area contributed by atoms with Gasteiger partial charge in [0.05, 0.1) is 6.61 Å². The van der Waals surface area contributed by atoms with Gasteiger partial charge in [0.15, 0.2) is 6.61 Å². The van der Waals surface area contributed by atoms with E-state index in [0.717, 1.165) is 18.5 Å². The van der Waals surface area contributed by atoms with E-state index in [1.165, 1.54) is 0 Å². The lowest BCUT2D eigenvalue weighted by molar-refractivity contribution is -0.133. The number of aromatic nitrogens is 1. The molecule has 1 fully saturated rings. The normalized spacial score (nSPS) is 14.3. The Morgan fingerprint density at radius 3 is 2.84 bits per heavy atom. The van der Waals surface area contributed by atoms with E-state index in [9.17, 15) is 9.90 Å². The summed E-state index contributed by atoms with van der Waals surface area (Å²) in [4.78, 5) is 18.0. The number of aliphatic hydroxyl groups excluding tert-OH is 1. The van der Waals surface area contributed by atoms with Crippen LogP contribution in [0.5, 0.6) is 5.75 Å². The number of hydrogen-bond donors (Lipinski definition) is 1. The largest absolute Gasteiger partial charge is 0.482 e. The Kier molecular flexibility index (Phi) is 4.37. The average molecular weight is 264 g/mol. The number of pyridine rings is 1. The van der Waals surface area contributed by atoms with Crippen LogP contribution >= 0.6 is 0 Å². The fourth-order valence-corrected chi connectivity index (χ4v) is 2.09. The zero-order chi connectivity index (χ0) is 13.8. The minimum atomic E-state index is -0.189. The summed E-state index contributed by atoms with van der Waals surface area (Å²) in [6.07, 6.45) is 2.18. The molecule has 0 bridgehead atoms. The smallest absolute Gasteiger partial charge is 0.260 e. The van der Waals surface area contributed by atoms with Crippen molar-refractivity contribution in [1.82, 2.24) is 9.88 Å². The van der Waals surface area contributed by atoms with Crippen LogP contribution in [0.15, 0.2) is 12.1 Å². The van der Waals surface area contributed by atoms with Crippen molar-refractivity contribution in [3.8, 4) is 5.75 Å². The van der Waals surface area contributed by atoms with Gasteiger partial charge in [0, 0.05) is 18.3 Å². The lowest BCUT2D eigenvalue weighted by Gasteiger charge is -2.20. The Morgan fingerprint density at radius 1 is 1.53 bits per heavy atom. The molecule has 5 heteroatoms. The van der Waals surface area contributed by atoms with Gasteiger partial charge in [-0.25, -0.2) is 0 Å². The zero-order valence-electron chi connectivity index (χ0n) is 11.4. The highest BCUT2D eigenvalue weighted by Crippen LogP contribution is 2.26. The summed E-state index contributed by atoms with van der Waals surface area (Å²) in [7, 11) is 0. The van der Waals surface area contributed by atoms with Gasteiger partial charge in [-0.2, -0.15) is 0 Å². The van der Waals surface area contributed by atoms with Crippen LogP contribution in [0.25, 0.3) is 0 Å². The van der Waals surface area contributed by atoms with Crippen molar-refractivity contribution in [2.75, 3.05) is 13.2 Å². The second kappa shape index (κ2) is 6.02. The SMILES string of the molecule is CCN(C(=O)COc1ccc(C)nc1CO)C1CC1. The molecular weight excluding hydrogens is 244 g/mol. The summed E-state index contributed by atoms with van der Waals surface area (Å²) >= 11 is 0. The molecule has 1 amide bonds. The maximum atomic E-state index is 12.0. The molecule has 2 rings (SSSR count). The van der Waals surface area contributed by atoms with Gasteiger partial charge < -0.3 is 14.7 Å². The average Bonchev–Trinajstić information content (AvgIpc) is 3.22. The first-order valence-electron chi connectivity index (χ1n) is 6.65. The first-order valence-corrected chi connectivity index (χ1v) is 6.65. The summed E-state index contributed by atoms with van der Waals surface area (Å²) in [5, 5.41) is 9.22. The Morgan fingerprint density at radius 2 is 2.26 bits per heavy atom. The van der Waals surface area contributed by atoms with Crippen LogP contribution in [-0.4, -0.2) is 40.1 Å². The maximum absolute atomic E-state index is 12.0. The summed E-state index contributed by atoms with van der Waals surface area (Å²) in [5.74, 6) is 0.475. The van der Waals surface area contributed by atoms with Gasteiger partial charge in [-0.1, -0.05) is 0 Å². The number of aliphatic hydroxyl groups is 1. The molecule has 104 valence electrons. The van der Waals surface area contributed by atoms with Crippen molar-refractivity contribution in [2.45, 2.75) is 39.3 Å². The second-order valence-corrected chi connectivity index (χ2v) is 4.76. The van der Waals surface area contributed by atoms with Crippen molar-refractivity contribution in [2.24, 2.45) is 0 Å². The zero-order valence-corrected chi connectivity index (χ0v) is 11.4. The molecule has 0 spiro atoms. The van der Waals surface area contributed by atoms with E-state index in [1.54, 1.807) is 12.1 Å². The molecule has 1 saturated carbocycles. The Labute approximate surface area is 113 Å². The van der Waals surface area contributed by atoms with Gasteiger partial charge in [0.2, 0.25) is 0 Å². The Bertz CT molecular complexity index is 458. The first kappa shape index (κ1) is 13.8. The van der Waals surface area contributed by atoms with Crippen molar-refractivity contribution < 1.29 is 14.6 Å². The summed E-state index contributed by atoms with van der Waals surface area (Å²) < 4.78 is 5.49. The number of carbonyl (C=O) groups excluding carboxylic acids is 1.